The van der Waals surface area contributed by atoms with Crippen LogP contribution < -0.4 is 0 Å². The van der Waals surface area contributed by atoms with Crippen LogP contribution in [0, 0.1) is 0 Å². The molecular formula is C17H15ClN2O. The van der Waals surface area contributed by atoms with Crippen molar-refractivity contribution in [3.8, 4) is 5.88 Å². The van der Waals surface area contributed by atoms with Crippen molar-refractivity contribution < 1.29 is 5.11 Å². The van der Waals surface area contributed by atoms with Gasteiger partial charge in [0, 0.05) is 22.1 Å². The van der Waals surface area contributed by atoms with E-state index in [1.54, 1.807) is 12.3 Å². The van der Waals surface area contributed by atoms with Gasteiger partial charge in [-0.3, -0.25) is 4.99 Å². The van der Waals surface area contributed by atoms with Gasteiger partial charge in [0.05, 0.1) is 11.3 Å². The summed E-state index contributed by atoms with van der Waals surface area (Å²) in [4.78, 5) is 7.33. The van der Waals surface area contributed by atoms with Crippen molar-refractivity contribution >= 4 is 34.4 Å². The molecule has 3 rings (SSSR count). The molecule has 0 radical (unpaired) electrons. The number of rotatable bonds is 3. The quantitative estimate of drug-likeness (QED) is 0.668. The Balaban J connectivity index is 1.98. The van der Waals surface area contributed by atoms with E-state index in [9.17, 15) is 5.11 Å². The maximum Gasteiger partial charge on any atom is 0.198 e. The van der Waals surface area contributed by atoms with E-state index in [1.165, 1.54) is 5.56 Å². The van der Waals surface area contributed by atoms with Crippen molar-refractivity contribution in [3.63, 3.8) is 0 Å². The number of halogens is 1. The average Bonchev–Trinajstić information content (AvgIpc) is 2.80. The largest absolute Gasteiger partial charge is 0.494 e. The maximum absolute atomic E-state index is 10.00. The van der Waals surface area contributed by atoms with E-state index in [4.69, 9.17) is 11.6 Å². The van der Waals surface area contributed by atoms with Crippen LogP contribution in [-0.2, 0) is 6.42 Å². The third-order valence-corrected chi connectivity index (χ3v) is 3.70. The van der Waals surface area contributed by atoms with E-state index < -0.39 is 0 Å². The van der Waals surface area contributed by atoms with Crippen molar-refractivity contribution in [1.82, 2.24) is 4.98 Å². The summed E-state index contributed by atoms with van der Waals surface area (Å²) in [7, 11) is 0. The fourth-order valence-corrected chi connectivity index (χ4v) is 2.43. The van der Waals surface area contributed by atoms with Gasteiger partial charge in [-0.1, -0.05) is 30.7 Å². The highest BCUT2D eigenvalue weighted by Gasteiger charge is 2.09. The van der Waals surface area contributed by atoms with Crippen molar-refractivity contribution in [2.75, 3.05) is 0 Å². The highest BCUT2D eigenvalue weighted by atomic mass is 35.5. The van der Waals surface area contributed by atoms with E-state index in [1.807, 2.05) is 24.3 Å². The molecule has 3 aromatic rings. The van der Waals surface area contributed by atoms with E-state index in [-0.39, 0.29) is 5.88 Å². The first-order valence-corrected chi connectivity index (χ1v) is 7.18. The van der Waals surface area contributed by atoms with Gasteiger partial charge in [-0.15, -0.1) is 0 Å². The van der Waals surface area contributed by atoms with Crippen molar-refractivity contribution in [2.45, 2.75) is 13.3 Å². The molecule has 0 saturated heterocycles. The first kappa shape index (κ1) is 13.7. The zero-order chi connectivity index (χ0) is 14.8. The minimum atomic E-state index is 0.0983. The molecule has 4 heteroatoms. The zero-order valence-corrected chi connectivity index (χ0v) is 12.4. The molecule has 0 unspecified atom stereocenters. The first-order chi connectivity index (χ1) is 10.2. The number of nitrogens with one attached hydrogen (secondary N) is 1. The van der Waals surface area contributed by atoms with Gasteiger partial charge in [0.25, 0.3) is 0 Å². The summed E-state index contributed by atoms with van der Waals surface area (Å²) >= 11 is 6.01. The Morgan fingerprint density at radius 1 is 1.19 bits per heavy atom. The van der Waals surface area contributed by atoms with Gasteiger partial charge < -0.3 is 10.1 Å². The van der Waals surface area contributed by atoms with Gasteiger partial charge in [-0.05, 0) is 42.3 Å². The molecule has 0 fully saturated rings. The lowest BCUT2D eigenvalue weighted by Crippen LogP contribution is -1.80. The van der Waals surface area contributed by atoms with Crippen molar-refractivity contribution in [1.29, 1.82) is 0 Å². The Morgan fingerprint density at radius 2 is 1.95 bits per heavy atom. The van der Waals surface area contributed by atoms with Gasteiger partial charge >= 0.3 is 0 Å². The number of aromatic hydroxyl groups is 1. The number of aromatic amines is 1. The van der Waals surface area contributed by atoms with Crippen LogP contribution in [0.2, 0.25) is 5.02 Å². The topological polar surface area (TPSA) is 48.4 Å². The zero-order valence-electron chi connectivity index (χ0n) is 11.6. The maximum atomic E-state index is 10.00. The Bertz CT molecular complexity index is 804. The van der Waals surface area contributed by atoms with Crippen LogP contribution in [0.3, 0.4) is 0 Å². The van der Waals surface area contributed by atoms with E-state index >= 15 is 0 Å². The molecule has 21 heavy (non-hydrogen) atoms. The Morgan fingerprint density at radius 3 is 2.67 bits per heavy atom. The Kier molecular flexibility index (Phi) is 3.67. The highest BCUT2D eigenvalue weighted by molar-refractivity contribution is 6.31. The Labute approximate surface area is 127 Å². The number of hydrogen-bond acceptors (Lipinski definition) is 2. The summed E-state index contributed by atoms with van der Waals surface area (Å²) in [6.07, 6.45) is 2.66. The number of H-pyrrole nitrogens is 1. The second-order valence-corrected chi connectivity index (χ2v) is 5.29. The molecule has 0 aliphatic carbocycles. The van der Waals surface area contributed by atoms with Crippen LogP contribution >= 0.6 is 11.6 Å². The van der Waals surface area contributed by atoms with Crippen LogP contribution in [0.1, 0.15) is 18.1 Å². The van der Waals surface area contributed by atoms with E-state index in [0.717, 1.165) is 23.0 Å². The van der Waals surface area contributed by atoms with Crippen LogP contribution in [0.15, 0.2) is 47.5 Å². The second kappa shape index (κ2) is 5.62. The van der Waals surface area contributed by atoms with Gasteiger partial charge in [-0.2, -0.15) is 0 Å². The molecule has 0 spiro atoms. The fraction of sp³-hybridized carbons (Fsp3) is 0.118. The number of nitrogens with zero attached hydrogens (tertiary/aromatic N) is 1. The van der Waals surface area contributed by atoms with Crippen LogP contribution in [-0.4, -0.2) is 16.3 Å². The number of benzene rings is 2. The number of aliphatic imine (C=N–C) groups is 1. The number of hydrogen-bond donors (Lipinski definition) is 2. The van der Waals surface area contributed by atoms with Gasteiger partial charge in [-0.25, -0.2) is 0 Å². The standard InChI is InChI=1S/C17H15ClN2O/c1-2-11-3-6-13(7-4-11)19-10-15-14-9-12(18)5-8-16(14)20-17(15)21/h3-10,20-21H,2H2,1H3. The summed E-state index contributed by atoms with van der Waals surface area (Å²) < 4.78 is 0. The van der Waals surface area contributed by atoms with Crippen LogP contribution in [0.25, 0.3) is 10.9 Å². The average molecular weight is 299 g/mol. The van der Waals surface area contributed by atoms with Gasteiger partial charge in [0.1, 0.15) is 0 Å². The van der Waals surface area contributed by atoms with Gasteiger partial charge in [0.2, 0.25) is 0 Å². The lowest BCUT2D eigenvalue weighted by molar-refractivity contribution is 0.457. The smallest absolute Gasteiger partial charge is 0.198 e. The lowest BCUT2D eigenvalue weighted by atomic mass is 10.1. The highest BCUT2D eigenvalue weighted by Crippen LogP contribution is 2.28. The molecule has 3 nitrogen and oxygen atoms in total. The molecule has 0 atom stereocenters. The van der Waals surface area contributed by atoms with Crippen molar-refractivity contribution in [3.05, 3.63) is 58.6 Å². The molecule has 1 aromatic heterocycles. The van der Waals surface area contributed by atoms with Gasteiger partial charge in [0.15, 0.2) is 5.88 Å². The molecular weight excluding hydrogens is 284 g/mol. The summed E-state index contributed by atoms with van der Waals surface area (Å²) in [6, 6.07) is 13.5. The predicted molar refractivity (Wildman–Crippen MR) is 88.0 cm³/mol. The summed E-state index contributed by atoms with van der Waals surface area (Å²) in [5.41, 5.74) is 3.60. The summed E-state index contributed by atoms with van der Waals surface area (Å²) in [5.74, 6) is 0.0983. The Hall–Kier alpha value is -2.26. The minimum absolute atomic E-state index is 0.0983. The molecule has 2 N–H and O–H groups in total. The second-order valence-electron chi connectivity index (χ2n) is 4.86. The molecule has 1 heterocycles. The molecule has 106 valence electrons. The first-order valence-electron chi connectivity index (χ1n) is 6.80. The van der Waals surface area contributed by atoms with Crippen LogP contribution in [0.5, 0.6) is 5.88 Å². The molecule has 0 saturated carbocycles. The minimum Gasteiger partial charge on any atom is -0.494 e. The normalized spacial score (nSPS) is 11.5. The molecule has 0 aliphatic rings. The van der Waals surface area contributed by atoms with Crippen LogP contribution in [0.4, 0.5) is 5.69 Å². The number of fused-ring (bicyclic) bond motifs is 1. The summed E-state index contributed by atoms with van der Waals surface area (Å²) in [6.45, 7) is 2.12. The third kappa shape index (κ3) is 2.78. The molecule has 0 bridgehead atoms. The lowest BCUT2D eigenvalue weighted by Gasteiger charge is -1.97. The van der Waals surface area contributed by atoms with E-state index in [2.05, 4.69) is 29.0 Å². The molecule has 2 aromatic carbocycles. The molecule has 0 amide bonds. The predicted octanol–water partition coefficient (Wildman–Crippen LogP) is 4.84. The molecule has 0 aliphatic heterocycles. The fourth-order valence-electron chi connectivity index (χ4n) is 2.26. The van der Waals surface area contributed by atoms with Crippen molar-refractivity contribution in [2.24, 2.45) is 4.99 Å². The van der Waals surface area contributed by atoms with E-state index in [0.29, 0.717) is 10.6 Å². The SMILES string of the molecule is CCc1ccc(N=Cc2c(O)[nH]c3ccc(Cl)cc23)cc1. The third-order valence-electron chi connectivity index (χ3n) is 3.47. The summed E-state index contributed by atoms with van der Waals surface area (Å²) in [5, 5.41) is 11.5. The number of aromatic nitrogens is 1. The monoisotopic (exact) mass is 298 g/mol. The number of aryl methyl sites for hydroxylation is 1.